The molecular weight excluding hydrogens is 322 g/mol. The molecule has 0 radical (unpaired) electrons. The van der Waals surface area contributed by atoms with Crippen molar-refractivity contribution in [1.82, 2.24) is 14.9 Å². The Kier molecular flexibility index (Phi) is 5.45. The molecule has 0 bridgehead atoms. The molecule has 132 valence electrons. The second kappa shape index (κ2) is 7.94. The van der Waals surface area contributed by atoms with E-state index in [-0.39, 0.29) is 18.6 Å². The smallest absolute Gasteiger partial charge is 0.260 e. The average Bonchev–Trinajstić information content (AvgIpc) is 2.66. The van der Waals surface area contributed by atoms with E-state index in [4.69, 9.17) is 14.2 Å². The summed E-state index contributed by atoms with van der Waals surface area (Å²) in [5.74, 6) is 1.89. The molecule has 0 N–H and O–H groups in total. The largest absolute Gasteiger partial charge is 0.497 e. The SMILES string of the molecule is COc1ccc(OCC(=O)N2CCOC(c3nccc(C)n3)C2)cc1. The van der Waals surface area contributed by atoms with E-state index >= 15 is 0 Å². The number of amides is 1. The van der Waals surface area contributed by atoms with Crippen LogP contribution in [-0.4, -0.2) is 54.2 Å². The van der Waals surface area contributed by atoms with Crippen molar-refractivity contribution in [2.75, 3.05) is 33.4 Å². The number of hydrogen-bond donors (Lipinski definition) is 0. The highest BCUT2D eigenvalue weighted by atomic mass is 16.5. The molecule has 1 atom stereocenters. The number of nitrogens with zero attached hydrogens (tertiary/aromatic N) is 3. The second-order valence-corrected chi connectivity index (χ2v) is 5.72. The number of aromatic nitrogens is 2. The molecule has 1 saturated heterocycles. The lowest BCUT2D eigenvalue weighted by Gasteiger charge is -2.32. The van der Waals surface area contributed by atoms with Crippen LogP contribution < -0.4 is 9.47 Å². The fourth-order valence-corrected chi connectivity index (χ4v) is 2.56. The number of aryl methyl sites for hydroxylation is 1. The van der Waals surface area contributed by atoms with Crippen LogP contribution in [0.1, 0.15) is 17.6 Å². The van der Waals surface area contributed by atoms with Crippen LogP contribution in [0, 0.1) is 6.92 Å². The molecule has 2 aromatic rings. The van der Waals surface area contributed by atoms with Gasteiger partial charge in [-0.2, -0.15) is 0 Å². The highest BCUT2D eigenvalue weighted by molar-refractivity contribution is 5.77. The predicted molar refractivity (Wildman–Crippen MR) is 90.5 cm³/mol. The summed E-state index contributed by atoms with van der Waals surface area (Å²) in [6.07, 6.45) is 1.40. The summed E-state index contributed by atoms with van der Waals surface area (Å²) >= 11 is 0. The van der Waals surface area contributed by atoms with Gasteiger partial charge in [0.1, 0.15) is 17.6 Å². The third-order valence-electron chi connectivity index (χ3n) is 3.94. The van der Waals surface area contributed by atoms with Crippen LogP contribution in [0.3, 0.4) is 0 Å². The third kappa shape index (κ3) is 4.45. The van der Waals surface area contributed by atoms with E-state index in [1.165, 1.54) is 0 Å². The fraction of sp³-hybridized carbons (Fsp3) is 0.389. The summed E-state index contributed by atoms with van der Waals surface area (Å²) in [6.45, 7) is 3.30. The molecule has 0 aliphatic carbocycles. The van der Waals surface area contributed by atoms with Crippen LogP contribution in [0.2, 0.25) is 0 Å². The number of hydrogen-bond acceptors (Lipinski definition) is 6. The average molecular weight is 343 g/mol. The molecule has 1 fully saturated rings. The lowest BCUT2D eigenvalue weighted by molar-refractivity contribution is -0.141. The summed E-state index contributed by atoms with van der Waals surface area (Å²) in [6, 6.07) is 8.96. The molecule has 1 amide bonds. The molecule has 25 heavy (non-hydrogen) atoms. The zero-order chi connectivity index (χ0) is 17.6. The molecule has 1 aromatic heterocycles. The normalized spacial score (nSPS) is 17.2. The van der Waals surface area contributed by atoms with E-state index in [0.717, 1.165) is 11.4 Å². The Bertz CT molecular complexity index is 721. The highest BCUT2D eigenvalue weighted by Crippen LogP contribution is 2.20. The van der Waals surface area contributed by atoms with Crippen LogP contribution in [0.4, 0.5) is 0 Å². The van der Waals surface area contributed by atoms with E-state index in [1.54, 1.807) is 42.5 Å². The molecule has 1 aliphatic rings. The van der Waals surface area contributed by atoms with Crippen LogP contribution in [0.25, 0.3) is 0 Å². The lowest BCUT2D eigenvalue weighted by atomic mass is 10.2. The van der Waals surface area contributed by atoms with Crippen molar-refractivity contribution in [3.63, 3.8) is 0 Å². The van der Waals surface area contributed by atoms with E-state index in [1.807, 2.05) is 13.0 Å². The third-order valence-corrected chi connectivity index (χ3v) is 3.94. The topological polar surface area (TPSA) is 73.8 Å². The maximum atomic E-state index is 12.4. The first kappa shape index (κ1) is 17.2. The fourth-order valence-electron chi connectivity index (χ4n) is 2.56. The minimum atomic E-state index is -0.307. The lowest BCUT2D eigenvalue weighted by Crippen LogP contribution is -2.44. The monoisotopic (exact) mass is 343 g/mol. The van der Waals surface area contributed by atoms with Gasteiger partial charge in [0.05, 0.1) is 20.3 Å². The first-order valence-electron chi connectivity index (χ1n) is 8.11. The maximum absolute atomic E-state index is 12.4. The molecule has 3 rings (SSSR count). The van der Waals surface area contributed by atoms with Gasteiger partial charge in [0, 0.05) is 18.4 Å². The first-order valence-corrected chi connectivity index (χ1v) is 8.11. The molecule has 2 heterocycles. The Hall–Kier alpha value is -2.67. The van der Waals surface area contributed by atoms with Crippen molar-refractivity contribution >= 4 is 5.91 Å². The summed E-state index contributed by atoms with van der Waals surface area (Å²) in [7, 11) is 1.60. The standard InChI is InChI=1S/C18H21N3O4/c1-13-7-8-19-18(20-13)16-11-21(9-10-24-16)17(22)12-25-15-5-3-14(23-2)4-6-15/h3-8,16H,9-12H2,1-2H3. The summed E-state index contributed by atoms with van der Waals surface area (Å²) in [5.41, 5.74) is 0.875. The Morgan fingerprint density at radius 2 is 2.04 bits per heavy atom. The van der Waals surface area contributed by atoms with Crippen LogP contribution in [0.5, 0.6) is 11.5 Å². The van der Waals surface area contributed by atoms with Gasteiger partial charge in [0.25, 0.3) is 5.91 Å². The first-order chi connectivity index (χ1) is 12.2. The van der Waals surface area contributed by atoms with Crippen molar-refractivity contribution in [3.8, 4) is 11.5 Å². The van der Waals surface area contributed by atoms with E-state index in [9.17, 15) is 4.79 Å². The highest BCUT2D eigenvalue weighted by Gasteiger charge is 2.27. The Labute approximate surface area is 146 Å². The van der Waals surface area contributed by atoms with E-state index in [0.29, 0.717) is 31.3 Å². The number of morpholine rings is 1. The molecule has 1 aliphatic heterocycles. The van der Waals surface area contributed by atoms with Gasteiger partial charge in [-0.3, -0.25) is 4.79 Å². The summed E-state index contributed by atoms with van der Waals surface area (Å²) in [5, 5.41) is 0. The van der Waals surface area contributed by atoms with Crippen molar-refractivity contribution in [2.24, 2.45) is 0 Å². The van der Waals surface area contributed by atoms with Gasteiger partial charge in [-0.25, -0.2) is 9.97 Å². The van der Waals surface area contributed by atoms with Gasteiger partial charge in [0.2, 0.25) is 0 Å². The number of methoxy groups -OCH3 is 1. The Morgan fingerprint density at radius 3 is 2.76 bits per heavy atom. The number of carbonyl (C=O) groups is 1. The number of benzene rings is 1. The van der Waals surface area contributed by atoms with Crippen LogP contribution in [0.15, 0.2) is 36.5 Å². The minimum absolute atomic E-state index is 0.0201. The molecular formula is C18H21N3O4. The van der Waals surface area contributed by atoms with Crippen molar-refractivity contribution in [1.29, 1.82) is 0 Å². The molecule has 7 heteroatoms. The van der Waals surface area contributed by atoms with Gasteiger partial charge >= 0.3 is 0 Å². The minimum Gasteiger partial charge on any atom is -0.497 e. The molecule has 0 spiro atoms. The molecule has 7 nitrogen and oxygen atoms in total. The van der Waals surface area contributed by atoms with Gasteiger partial charge in [-0.1, -0.05) is 0 Å². The Balaban J connectivity index is 1.56. The van der Waals surface area contributed by atoms with Crippen molar-refractivity contribution in [3.05, 3.63) is 48.0 Å². The second-order valence-electron chi connectivity index (χ2n) is 5.72. The zero-order valence-electron chi connectivity index (χ0n) is 14.3. The van der Waals surface area contributed by atoms with Crippen molar-refractivity contribution < 1.29 is 19.0 Å². The van der Waals surface area contributed by atoms with Gasteiger partial charge in [-0.15, -0.1) is 0 Å². The molecule has 1 aromatic carbocycles. The van der Waals surface area contributed by atoms with Crippen LogP contribution in [-0.2, 0) is 9.53 Å². The van der Waals surface area contributed by atoms with Crippen LogP contribution >= 0.6 is 0 Å². The molecule has 0 saturated carbocycles. The van der Waals surface area contributed by atoms with Gasteiger partial charge in [0.15, 0.2) is 12.4 Å². The Morgan fingerprint density at radius 1 is 1.28 bits per heavy atom. The van der Waals surface area contributed by atoms with Crippen molar-refractivity contribution in [2.45, 2.75) is 13.0 Å². The molecule has 1 unspecified atom stereocenters. The summed E-state index contributed by atoms with van der Waals surface area (Å²) < 4.78 is 16.4. The zero-order valence-corrected chi connectivity index (χ0v) is 14.3. The maximum Gasteiger partial charge on any atom is 0.260 e. The van der Waals surface area contributed by atoms with E-state index in [2.05, 4.69) is 9.97 Å². The van der Waals surface area contributed by atoms with Gasteiger partial charge in [-0.05, 0) is 37.3 Å². The number of rotatable bonds is 5. The quantitative estimate of drug-likeness (QED) is 0.824. The number of carbonyl (C=O) groups excluding carboxylic acids is 1. The predicted octanol–water partition coefficient (Wildman–Crippen LogP) is 1.77. The number of ether oxygens (including phenoxy) is 3. The summed E-state index contributed by atoms with van der Waals surface area (Å²) in [4.78, 5) is 22.8. The van der Waals surface area contributed by atoms with Gasteiger partial charge < -0.3 is 19.1 Å². The van der Waals surface area contributed by atoms with E-state index < -0.39 is 0 Å².